The maximum Gasteiger partial charge on any atom is 0.407 e. The van der Waals surface area contributed by atoms with Gasteiger partial charge >= 0.3 is 6.09 Å². The molecule has 0 aromatic heterocycles. The summed E-state index contributed by atoms with van der Waals surface area (Å²) in [4.78, 5) is 11.5. The van der Waals surface area contributed by atoms with Gasteiger partial charge in [-0.3, -0.25) is 0 Å². The number of benzene rings is 1. The van der Waals surface area contributed by atoms with Crippen LogP contribution >= 0.6 is 0 Å². The molecular formula is C14H21N2O2-. The van der Waals surface area contributed by atoms with Crippen LogP contribution < -0.4 is 5.32 Å². The Bertz CT molecular complexity index is 397. The summed E-state index contributed by atoms with van der Waals surface area (Å²) in [6, 6.07) is 7.98. The summed E-state index contributed by atoms with van der Waals surface area (Å²) >= 11 is 0. The molecule has 0 radical (unpaired) electrons. The van der Waals surface area contributed by atoms with Gasteiger partial charge in [-0.1, -0.05) is 29.8 Å². The van der Waals surface area contributed by atoms with E-state index in [-0.39, 0.29) is 0 Å². The van der Waals surface area contributed by atoms with Crippen LogP contribution in [0.4, 0.5) is 4.79 Å². The molecule has 4 heteroatoms. The highest BCUT2D eigenvalue weighted by Gasteiger charge is 2.15. The normalized spacial score (nSPS) is 11.1. The number of ether oxygens (including phenoxy) is 1. The first-order chi connectivity index (χ1) is 8.40. The Morgan fingerprint density at radius 3 is 2.61 bits per heavy atom. The van der Waals surface area contributed by atoms with Crippen LogP contribution in [-0.4, -0.2) is 18.7 Å². The van der Waals surface area contributed by atoms with E-state index >= 15 is 0 Å². The van der Waals surface area contributed by atoms with Crippen molar-refractivity contribution in [1.82, 2.24) is 5.32 Å². The lowest BCUT2D eigenvalue weighted by atomic mass is 10.1. The molecule has 1 aromatic rings. The Hall–Kier alpha value is -1.55. The predicted molar refractivity (Wildman–Crippen MR) is 72.5 cm³/mol. The van der Waals surface area contributed by atoms with Crippen LogP contribution in [0.3, 0.4) is 0 Å². The Labute approximate surface area is 109 Å². The fourth-order valence-corrected chi connectivity index (χ4v) is 1.51. The largest absolute Gasteiger partial charge is 0.661 e. The summed E-state index contributed by atoms with van der Waals surface area (Å²) in [6.45, 7) is 6.69. The Balaban J connectivity index is 2.48. The lowest BCUT2D eigenvalue weighted by Crippen LogP contribution is -2.32. The lowest BCUT2D eigenvalue weighted by molar-refractivity contribution is 0.0523. The van der Waals surface area contributed by atoms with E-state index in [0.29, 0.717) is 13.1 Å². The number of alkyl carbamates (subject to hydrolysis) is 1. The van der Waals surface area contributed by atoms with Crippen LogP contribution in [0.5, 0.6) is 0 Å². The monoisotopic (exact) mass is 249 g/mol. The highest BCUT2D eigenvalue weighted by atomic mass is 16.6. The molecule has 0 atom stereocenters. The minimum absolute atomic E-state index is 0.395. The van der Waals surface area contributed by atoms with E-state index in [1.165, 1.54) is 0 Å². The summed E-state index contributed by atoms with van der Waals surface area (Å²) in [5.74, 6) is 0. The van der Waals surface area contributed by atoms with E-state index < -0.39 is 11.7 Å². The Kier molecular flexibility index (Phi) is 5.16. The van der Waals surface area contributed by atoms with E-state index in [1.54, 1.807) is 7.05 Å². The van der Waals surface area contributed by atoms with Gasteiger partial charge < -0.3 is 15.4 Å². The topological polar surface area (TPSA) is 52.4 Å². The van der Waals surface area contributed by atoms with Crippen LogP contribution in [0.15, 0.2) is 24.3 Å². The average Bonchev–Trinajstić information content (AvgIpc) is 2.25. The average molecular weight is 249 g/mol. The second-order valence-corrected chi connectivity index (χ2v) is 5.15. The third-order valence-electron chi connectivity index (χ3n) is 2.17. The predicted octanol–water partition coefficient (Wildman–Crippen LogP) is 3.21. The molecule has 0 aliphatic heterocycles. The molecule has 0 fully saturated rings. The van der Waals surface area contributed by atoms with Crippen molar-refractivity contribution < 1.29 is 9.53 Å². The zero-order valence-corrected chi connectivity index (χ0v) is 11.5. The number of amides is 1. The number of hydrogen-bond donors (Lipinski definition) is 1. The summed E-state index contributed by atoms with van der Waals surface area (Å²) in [5.41, 5.74) is 1.72. The van der Waals surface area contributed by atoms with Crippen LogP contribution in [0.1, 0.15) is 31.9 Å². The lowest BCUT2D eigenvalue weighted by Gasteiger charge is -2.20. The smallest absolute Gasteiger partial charge is 0.407 e. The van der Waals surface area contributed by atoms with Gasteiger partial charge in [0.15, 0.2) is 0 Å². The van der Waals surface area contributed by atoms with E-state index in [1.807, 2.05) is 45.0 Å². The van der Waals surface area contributed by atoms with Crippen LogP contribution in [0, 0.1) is 0 Å². The summed E-state index contributed by atoms with van der Waals surface area (Å²) in [5, 5.41) is 6.81. The number of hydrogen-bond acceptors (Lipinski definition) is 2. The molecule has 1 amide bonds. The van der Waals surface area contributed by atoms with Gasteiger partial charge in [-0.15, -0.1) is 6.54 Å². The number of rotatable bonds is 4. The molecule has 1 N–H and O–H groups in total. The van der Waals surface area contributed by atoms with Gasteiger partial charge in [-0.2, -0.15) is 7.05 Å². The van der Waals surface area contributed by atoms with Gasteiger partial charge in [0.05, 0.1) is 0 Å². The third kappa shape index (κ3) is 5.68. The molecule has 0 saturated heterocycles. The molecule has 0 heterocycles. The van der Waals surface area contributed by atoms with Crippen molar-refractivity contribution in [3.05, 3.63) is 40.7 Å². The standard InChI is InChI=1S/C14H21N2O2/c1-14(2,3)18-13(17)16-10-12-7-5-6-11(8-12)9-15-4/h5-8H,9-10H2,1-4H3,(H,16,17)/q-1. The molecular weight excluding hydrogens is 228 g/mol. The molecule has 18 heavy (non-hydrogen) atoms. The minimum atomic E-state index is -0.465. The molecule has 0 aliphatic carbocycles. The number of carbonyl (C=O) groups is 1. The summed E-state index contributed by atoms with van der Waals surface area (Å²) < 4.78 is 5.17. The first kappa shape index (κ1) is 14.5. The first-order valence-electron chi connectivity index (χ1n) is 6.01. The molecule has 0 aliphatic rings. The maximum atomic E-state index is 11.5. The van der Waals surface area contributed by atoms with Crippen molar-refractivity contribution in [2.45, 2.75) is 39.5 Å². The second-order valence-electron chi connectivity index (χ2n) is 5.15. The van der Waals surface area contributed by atoms with Crippen molar-refractivity contribution in [2.75, 3.05) is 7.05 Å². The number of nitrogens with one attached hydrogen (secondary N) is 1. The molecule has 0 unspecified atom stereocenters. The Morgan fingerprint density at radius 2 is 2.00 bits per heavy atom. The van der Waals surface area contributed by atoms with E-state index in [2.05, 4.69) is 10.6 Å². The fourth-order valence-electron chi connectivity index (χ4n) is 1.51. The van der Waals surface area contributed by atoms with Crippen molar-refractivity contribution in [1.29, 1.82) is 0 Å². The van der Waals surface area contributed by atoms with Crippen molar-refractivity contribution in [3.8, 4) is 0 Å². The van der Waals surface area contributed by atoms with Crippen LogP contribution in [0.2, 0.25) is 0 Å². The van der Waals surface area contributed by atoms with E-state index in [9.17, 15) is 4.79 Å². The van der Waals surface area contributed by atoms with Crippen molar-refractivity contribution in [3.63, 3.8) is 0 Å². The van der Waals surface area contributed by atoms with Gasteiger partial charge in [-0.05, 0) is 26.3 Å². The first-order valence-corrected chi connectivity index (χ1v) is 6.01. The van der Waals surface area contributed by atoms with Gasteiger partial charge in [-0.25, -0.2) is 4.79 Å². The Morgan fingerprint density at radius 1 is 1.33 bits per heavy atom. The molecule has 100 valence electrons. The van der Waals surface area contributed by atoms with E-state index in [0.717, 1.165) is 11.1 Å². The minimum Gasteiger partial charge on any atom is -0.661 e. The summed E-state index contributed by atoms with van der Waals surface area (Å²) in [6.07, 6.45) is -0.395. The van der Waals surface area contributed by atoms with Gasteiger partial charge in [0.2, 0.25) is 0 Å². The molecule has 1 rings (SSSR count). The third-order valence-corrected chi connectivity index (χ3v) is 2.17. The molecule has 0 bridgehead atoms. The highest BCUT2D eigenvalue weighted by molar-refractivity contribution is 5.67. The van der Waals surface area contributed by atoms with E-state index in [4.69, 9.17) is 4.74 Å². The zero-order valence-electron chi connectivity index (χ0n) is 11.5. The number of nitrogens with zero attached hydrogens (tertiary/aromatic N) is 1. The van der Waals surface area contributed by atoms with Crippen molar-refractivity contribution in [2.24, 2.45) is 0 Å². The summed E-state index contributed by atoms with van der Waals surface area (Å²) in [7, 11) is 1.78. The number of carbonyl (C=O) groups excluding carboxylic acids is 1. The molecule has 1 aromatic carbocycles. The van der Waals surface area contributed by atoms with Gasteiger partial charge in [0, 0.05) is 6.54 Å². The quantitative estimate of drug-likeness (QED) is 0.890. The van der Waals surface area contributed by atoms with Crippen molar-refractivity contribution >= 4 is 6.09 Å². The van der Waals surface area contributed by atoms with Crippen LogP contribution in [-0.2, 0) is 17.8 Å². The molecule has 0 spiro atoms. The van der Waals surface area contributed by atoms with Crippen LogP contribution in [0.25, 0.3) is 5.32 Å². The zero-order chi connectivity index (χ0) is 13.6. The maximum absolute atomic E-state index is 11.5. The van der Waals surface area contributed by atoms with Gasteiger partial charge in [0.25, 0.3) is 0 Å². The highest BCUT2D eigenvalue weighted by Crippen LogP contribution is 2.09. The molecule has 0 saturated carbocycles. The second kappa shape index (κ2) is 6.40. The van der Waals surface area contributed by atoms with Gasteiger partial charge in [0.1, 0.15) is 5.60 Å². The fraction of sp³-hybridized carbons (Fsp3) is 0.500. The SMILES string of the molecule is C[N-]Cc1cccc(CNC(=O)OC(C)(C)C)c1. The molecule has 4 nitrogen and oxygen atoms in total.